The first-order valence-corrected chi connectivity index (χ1v) is 20.9. The van der Waals surface area contributed by atoms with E-state index in [-0.39, 0.29) is 32.9 Å². The molecule has 1 aliphatic heterocycles. The molecule has 0 unspecified atom stereocenters. The second-order valence-corrected chi connectivity index (χ2v) is 16.2. The summed E-state index contributed by atoms with van der Waals surface area (Å²) in [6, 6.07) is 12.9. The van der Waals surface area contributed by atoms with Gasteiger partial charge in [0.1, 0.15) is 33.3 Å². The number of Topliss-reactive ketones (excluding diaryl/α,β-unsaturated/α-hetero) is 1. The molecule has 4 aromatic heterocycles. The lowest BCUT2D eigenvalue weighted by molar-refractivity contribution is -0.173. The molecule has 0 bridgehead atoms. The number of pyridine rings is 4. The lowest BCUT2D eigenvalue weighted by atomic mass is 10.0. The van der Waals surface area contributed by atoms with Gasteiger partial charge >= 0.3 is 23.7 Å². The first kappa shape index (κ1) is 51.6. The molecule has 0 atom stereocenters. The third-order valence-electron chi connectivity index (χ3n) is 7.40. The normalized spacial score (nSPS) is 12.7. The van der Waals surface area contributed by atoms with Gasteiger partial charge in [0.15, 0.2) is 0 Å². The number of amides is 1. The fourth-order valence-corrected chi connectivity index (χ4v) is 5.58. The van der Waals surface area contributed by atoms with Crippen molar-refractivity contribution in [1.82, 2.24) is 24.8 Å². The van der Waals surface area contributed by atoms with Gasteiger partial charge in [0.05, 0.1) is 25.4 Å². The lowest BCUT2D eigenvalue weighted by Crippen LogP contribution is -2.47. The molecule has 61 heavy (non-hydrogen) atoms. The molecule has 1 amide bonds. The van der Waals surface area contributed by atoms with Crippen LogP contribution in [0.1, 0.15) is 34.4 Å². The lowest BCUT2D eigenvalue weighted by Gasteiger charge is -2.29. The molecular weight excluding hydrogens is 1160 g/mol. The third-order valence-corrected chi connectivity index (χ3v) is 9.74. The summed E-state index contributed by atoms with van der Waals surface area (Å²) in [5.74, 6) is -18.2. The van der Waals surface area contributed by atoms with Crippen molar-refractivity contribution >= 4 is 97.3 Å². The smallest absolute Gasteiger partial charge is 0.384 e. The molecule has 0 radical (unpaired) electrons. The van der Waals surface area contributed by atoms with Gasteiger partial charge < -0.3 is 14.4 Å². The maximum atomic E-state index is 14.0. The van der Waals surface area contributed by atoms with Crippen molar-refractivity contribution in [2.75, 3.05) is 32.9 Å². The highest BCUT2D eigenvalue weighted by atomic mass is 79.9. The molecule has 1 fully saturated rings. The number of hydrogen-bond acceptors (Lipinski definition) is 9. The van der Waals surface area contributed by atoms with Crippen molar-refractivity contribution in [3.05, 3.63) is 148 Å². The number of ketones is 1. The van der Waals surface area contributed by atoms with E-state index in [1.165, 1.54) is 37.5 Å². The molecule has 0 saturated carbocycles. The zero-order chi connectivity index (χ0) is 45.5. The summed E-state index contributed by atoms with van der Waals surface area (Å²) >= 11 is 15.7. The zero-order valence-corrected chi connectivity index (χ0v) is 38.8. The number of hydrogen-bond donors (Lipinski definition) is 0. The van der Waals surface area contributed by atoms with Gasteiger partial charge in [0, 0.05) is 61.8 Å². The highest BCUT2D eigenvalue weighted by Gasteiger charge is 2.46. The topological polar surface area (TPSA) is 124 Å². The summed E-state index contributed by atoms with van der Waals surface area (Å²) in [6.45, 7) is 2.31. The summed E-state index contributed by atoms with van der Waals surface area (Å²) in [6.07, 6.45) is 5.28. The number of esters is 1. The van der Waals surface area contributed by atoms with Crippen LogP contribution in [0.4, 0.5) is 35.1 Å². The second kappa shape index (κ2) is 23.6. The predicted octanol–water partition coefficient (Wildman–Crippen LogP) is 11.0. The first-order valence-electron chi connectivity index (χ1n) is 16.9. The molecule has 5 aromatic rings. The number of carbonyl (C=O) groups excluding carboxylic acids is 3. The van der Waals surface area contributed by atoms with Crippen LogP contribution in [0, 0.1) is 11.6 Å². The minimum atomic E-state index is -4.00. The molecule has 0 spiro atoms. The van der Waals surface area contributed by atoms with Crippen LogP contribution in [0.15, 0.2) is 114 Å². The number of halogens is 13. The van der Waals surface area contributed by atoms with Gasteiger partial charge in [-0.05, 0) is 147 Å². The van der Waals surface area contributed by atoms with Crippen LogP contribution >= 0.6 is 79.6 Å². The number of morpholine rings is 1. The standard InChI is InChI=1S/C13H6BrF4NO.C11H11BrF2N2O2.C9H8BrF2NO2.C5H3Br2N/c14-7-1-4-11(19-6-7)13(17,18)12(20)9-3-2-8(15)5-10(9)16;12-8-1-2-9(15-7-8)11(13,14)10(17)16-3-5-18-6-4-16;1-2-15-8(14)9(11,12)7-4-3-6(10)5-13-7;6-4-1-2-5(7)8-3-4/h1-6H;1-2,7H,3-6H2;3-5H,2H2,1H3;1-3H. The van der Waals surface area contributed by atoms with Crippen LogP contribution < -0.4 is 0 Å². The van der Waals surface area contributed by atoms with Crippen molar-refractivity contribution in [2.45, 2.75) is 24.7 Å². The van der Waals surface area contributed by atoms with Crippen LogP contribution in [0.5, 0.6) is 0 Å². The van der Waals surface area contributed by atoms with Crippen LogP contribution in [0.25, 0.3) is 0 Å². The van der Waals surface area contributed by atoms with E-state index in [9.17, 15) is 49.5 Å². The van der Waals surface area contributed by atoms with E-state index in [4.69, 9.17) is 4.74 Å². The Morgan fingerprint density at radius 1 is 0.639 bits per heavy atom. The van der Waals surface area contributed by atoms with Gasteiger partial charge in [-0.25, -0.2) is 18.6 Å². The Balaban J connectivity index is 0.000000225. The molecule has 326 valence electrons. The van der Waals surface area contributed by atoms with E-state index in [0.29, 0.717) is 25.6 Å². The van der Waals surface area contributed by atoms with Crippen LogP contribution in [0.3, 0.4) is 0 Å². The summed E-state index contributed by atoms with van der Waals surface area (Å²) in [5, 5.41) is 0. The van der Waals surface area contributed by atoms with Gasteiger partial charge in [-0.15, -0.1) is 0 Å². The van der Waals surface area contributed by atoms with Crippen molar-refractivity contribution in [3.8, 4) is 0 Å². The number of aromatic nitrogens is 4. The Bertz CT molecular complexity index is 2200. The molecule has 1 aliphatic rings. The quantitative estimate of drug-likeness (QED) is 0.0646. The fourth-order valence-electron chi connectivity index (χ4n) is 4.40. The molecular formula is C38H28Br5F8N5O5. The Kier molecular flexibility index (Phi) is 20.0. The Hall–Kier alpha value is -3.77. The van der Waals surface area contributed by atoms with Crippen LogP contribution in [-0.2, 0) is 36.8 Å². The van der Waals surface area contributed by atoms with Crippen molar-refractivity contribution in [3.63, 3.8) is 0 Å². The summed E-state index contributed by atoms with van der Waals surface area (Å²) < 4.78 is 121. The van der Waals surface area contributed by atoms with Gasteiger partial charge in [-0.3, -0.25) is 24.5 Å². The number of benzene rings is 1. The SMILES string of the molecule is Brc1ccc(Br)nc1.CCOC(=O)C(F)(F)c1ccc(Br)cn1.O=C(N1CCOCC1)C(F)(F)c1ccc(Br)cn1.O=C(c1ccc(F)cc1F)C(F)(F)c1ccc(Br)cn1. The maximum Gasteiger partial charge on any atom is 0.384 e. The molecule has 1 aromatic carbocycles. The number of rotatable bonds is 8. The minimum Gasteiger partial charge on any atom is -0.461 e. The summed E-state index contributed by atoms with van der Waals surface area (Å²) in [7, 11) is 0. The monoisotopic (exact) mass is 1180 g/mol. The van der Waals surface area contributed by atoms with Gasteiger partial charge in [-0.2, -0.15) is 26.3 Å². The highest BCUT2D eigenvalue weighted by molar-refractivity contribution is 9.11. The van der Waals surface area contributed by atoms with Crippen molar-refractivity contribution < 1.29 is 59.0 Å². The van der Waals surface area contributed by atoms with Gasteiger partial charge in [0.25, 0.3) is 5.91 Å². The Labute approximate surface area is 384 Å². The number of ether oxygens (including phenoxy) is 2. The molecule has 0 aliphatic carbocycles. The average Bonchev–Trinajstić information content (AvgIpc) is 3.23. The molecule has 6 rings (SSSR count). The Morgan fingerprint density at radius 2 is 1.08 bits per heavy atom. The number of alkyl halides is 6. The molecule has 5 heterocycles. The zero-order valence-electron chi connectivity index (χ0n) is 30.9. The van der Waals surface area contributed by atoms with Crippen LogP contribution in [0.2, 0.25) is 0 Å². The van der Waals surface area contributed by atoms with E-state index in [1.807, 2.05) is 12.1 Å². The van der Waals surface area contributed by atoms with Crippen LogP contribution in [-0.4, -0.2) is 75.4 Å². The number of carbonyl (C=O) groups is 3. The van der Waals surface area contributed by atoms with Gasteiger partial charge in [0.2, 0.25) is 5.78 Å². The van der Waals surface area contributed by atoms with Crippen molar-refractivity contribution in [2.24, 2.45) is 0 Å². The van der Waals surface area contributed by atoms with Crippen molar-refractivity contribution in [1.29, 1.82) is 0 Å². The summed E-state index contributed by atoms with van der Waals surface area (Å²) in [5.41, 5.74) is -2.86. The van der Waals surface area contributed by atoms with E-state index in [1.54, 1.807) is 6.20 Å². The Morgan fingerprint density at radius 3 is 1.48 bits per heavy atom. The fraction of sp³-hybridized carbons (Fsp3) is 0.237. The largest absolute Gasteiger partial charge is 0.461 e. The van der Waals surface area contributed by atoms with E-state index in [0.717, 1.165) is 44.4 Å². The maximum absolute atomic E-state index is 14.0. The average molecular weight is 1190 g/mol. The number of nitrogens with zero attached hydrogens (tertiary/aromatic N) is 5. The van der Waals surface area contributed by atoms with E-state index >= 15 is 0 Å². The van der Waals surface area contributed by atoms with E-state index < -0.39 is 69.7 Å². The minimum absolute atomic E-state index is 0.0923. The highest BCUT2D eigenvalue weighted by Crippen LogP contribution is 2.33. The molecule has 10 nitrogen and oxygen atoms in total. The molecule has 1 saturated heterocycles. The first-order chi connectivity index (χ1) is 28.6. The van der Waals surface area contributed by atoms with Gasteiger partial charge in [-0.1, -0.05) is 0 Å². The predicted molar refractivity (Wildman–Crippen MR) is 222 cm³/mol. The molecule has 0 N–H and O–H groups in total. The second-order valence-electron chi connectivity index (χ2n) is 11.7. The third kappa shape index (κ3) is 15.2. The molecule has 23 heteroatoms. The van der Waals surface area contributed by atoms with E-state index in [2.05, 4.69) is 104 Å². The summed E-state index contributed by atoms with van der Waals surface area (Å²) in [4.78, 5) is 49.9.